The van der Waals surface area contributed by atoms with Crippen molar-refractivity contribution >= 4 is 17.7 Å². The Morgan fingerprint density at radius 2 is 1.77 bits per heavy atom. The lowest BCUT2D eigenvalue weighted by Crippen LogP contribution is -2.50. The molecule has 0 spiro atoms. The van der Waals surface area contributed by atoms with Gasteiger partial charge in [0.25, 0.3) is 5.56 Å². The highest BCUT2D eigenvalue weighted by Gasteiger charge is 2.36. The Kier molecular flexibility index (Phi) is 5.58. The van der Waals surface area contributed by atoms with Crippen molar-refractivity contribution in [3.63, 3.8) is 0 Å². The number of rotatable bonds is 4. The Hall–Kier alpha value is -3.49. The monoisotopic (exact) mass is 427 g/mol. The van der Waals surface area contributed by atoms with Crippen LogP contribution in [0.2, 0.25) is 0 Å². The molecule has 0 unspecified atom stereocenters. The molecule has 0 aliphatic carbocycles. The molecule has 1 aromatic carbocycles. The second kappa shape index (κ2) is 8.33. The first-order valence-electron chi connectivity index (χ1n) is 10.0. The number of methoxy groups -OCH3 is 3. The molecule has 2 aromatic rings. The van der Waals surface area contributed by atoms with Crippen molar-refractivity contribution in [1.82, 2.24) is 9.47 Å². The molecule has 1 N–H and O–H groups in total. The predicted octanol–water partition coefficient (Wildman–Crippen LogP) is 2.30. The molecule has 1 fully saturated rings. The fraction of sp³-hybridized carbons (Fsp3) is 0.409. The number of anilines is 1. The Bertz CT molecular complexity index is 1080. The predicted molar refractivity (Wildman–Crippen MR) is 113 cm³/mol. The van der Waals surface area contributed by atoms with Gasteiger partial charge in [0.1, 0.15) is 0 Å². The number of piperidine rings is 1. The summed E-state index contributed by atoms with van der Waals surface area (Å²) >= 11 is 0. The summed E-state index contributed by atoms with van der Waals surface area (Å²) < 4.78 is 17.2. The lowest BCUT2D eigenvalue weighted by Gasteiger charge is -2.42. The molecule has 0 saturated carbocycles. The van der Waals surface area contributed by atoms with Crippen LogP contribution in [-0.4, -0.2) is 55.9 Å². The van der Waals surface area contributed by atoms with Crippen molar-refractivity contribution in [2.75, 3.05) is 39.7 Å². The molecule has 4 rings (SSSR count). The number of benzene rings is 1. The largest absolute Gasteiger partial charge is 0.493 e. The summed E-state index contributed by atoms with van der Waals surface area (Å²) in [7, 11) is 4.22. The third-order valence-corrected chi connectivity index (χ3v) is 5.94. The number of nitrogens with zero attached hydrogens (tertiary/aromatic N) is 2. The first-order valence-corrected chi connectivity index (χ1v) is 10.0. The van der Waals surface area contributed by atoms with E-state index in [0.717, 1.165) is 12.1 Å². The maximum Gasteiger partial charge on any atom is 0.340 e. The van der Waals surface area contributed by atoms with E-state index in [-0.39, 0.29) is 34.7 Å². The summed E-state index contributed by atoms with van der Waals surface area (Å²) in [5.74, 6) is 0.435. The van der Waals surface area contributed by atoms with Crippen molar-refractivity contribution in [2.45, 2.75) is 18.9 Å². The molecule has 0 radical (unpaired) electrons. The maximum absolute atomic E-state index is 13.1. The molecule has 9 heteroatoms. The number of amides is 2. The van der Waals surface area contributed by atoms with Crippen LogP contribution >= 0.6 is 0 Å². The first-order chi connectivity index (χ1) is 14.9. The van der Waals surface area contributed by atoms with E-state index in [9.17, 15) is 14.4 Å². The molecular weight excluding hydrogens is 402 g/mol. The number of hydrogen-bond donors (Lipinski definition) is 1. The molecule has 2 aliphatic rings. The number of aromatic nitrogens is 1. The van der Waals surface area contributed by atoms with E-state index in [2.05, 4.69) is 5.32 Å². The first kappa shape index (κ1) is 20.8. The number of fused-ring (bicyclic) bond motifs is 4. The molecule has 9 nitrogen and oxygen atoms in total. The Balaban J connectivity index is 1.59. The van der Waals surface area contributed by atoms with Crippen LogP contribution in [0, 0.1) is 5.92 Å². The average Bonchev–Trinajstić information content (AvgIpc) is 2.78. The van der Waals surface area contributed by atoms with Crippen LogP contribution in [0.25, 0.3) is 0 Å². The van der Waals surface area contributed by atoms with Crippen molar-refractivity contribution in [2.24, 2.45) is 5.92 Å². The summed E-state index contributed by atoms with van der Waals surface area (Å²) in [6.07, 6.45) is 0.941. The summed E-state index contributed by atoms with van der Waals surface area (Å²) in [5, 5.41) is 2.83. The van der Waals surface area contributed by atoms with Gasteiger partial charge in [0.05, 0.1) is 32.6 Å². The van der Waals surface area contributed by atoms with Gasteiger partial charge in [-0.2, -0.15) is 0 Å². The minimum absolute atomic E-state index is 0.00171. The van der Waals surface area contributed by atoms with Crippen LogP contribution in [-0.2, 0) is 11.3 Å². The van der Waals surface area contributed by atoms with Crippen LogP contribution in [0.5, 0.6) is 11.5 Å². The normalized spacial score (nSPS) is 19.3. The van der Waals surface area contributed by atoms with Gasteiger partial charge >= 0.3 is 12.0 Å². The molecule has 2 amide bonds. The molecule has 2 aliphatic heterocycles. The zero-order valence-electron chi connectivity index (χ0n) is 17.7. The standard InChI is InChI=1S/C22H25N3O6/c1-29-18-8-15(21(27)31-3)16(9-19(18)30-2)23-22(28)24-10-13-7-14(12-24)17-5-4-6-20(26)25(17)11-13/h4-6,8-9,13-14H,7,10-12H2,1-3H3,(H,23,28)/t13-,14+/m1/s1. The molecule has 2 bridgehead atoms. The van der Waals surface area contributed by atoms with Crippen LogP contribution in [0.1, 0.15) is 28.4 Å². The van der Waals surface area contributed by atoms with Crippen molar-refractivity contribution < 1.29 is 23.8 Å². The summed E-state index contributed by atoms with van der Waals surface area (Å²) in [4.78, 5) is 39.3. The van der Waals surface area contributed by atoms with Gasteiger partial charge in [-0.05, 0) is 18.4 Å². The van der Waals surface area contributed by atoms with Crippen LogP contribution in [0.3, 0.4) is 0 Å². The van der Waals surface area contributed by atoms with E-state index in [1.807, 2.05) is 10.6 Å². The number of esters is 1. The fourth-order valence-electron chi connectivity index (χ4n) is 4.52. The smallest absolute Gasteiger partial charge is 0.340 e. The SMILES string of the molecule is COC(=O)c1cc(OC)c(OC)cc1NC(=O)N1C[C@H]2C[C@@H](C1)c1cccc(=O)n1C2. The summed E-state index contributed by atoms with van der Waals surface area (Å²) in [6, 6.07) is 7.99. The lowest BCUT2D eigenvalue weighted by molar-refractivity contribution is 0.0601. The third kappa shape index (κ3) is 3.83. The van der Waals surface area contributed by atoms with Gasteiger partial charge in [-0.25, -0.2) is 9.59 Å². The van der Waals surface area contributed by atoms with Gasteiger partial charge in [-0.3, -0.25) is 4.79 Å². The van der Waals surface area contributed by atoms with Gasteiger partial charge in [-0.15, -0.1) is 0 Å². The number of nitrogens with one attached hydrogen (secondary N) is 1. The number of pyridine rings is 1. The Morgan fingerprint density at radius 1 is 1.03 bits per heavy atom. The quantitative estimate of drug-likeness (QED) is 0.752. The second-order valence-corrected chi connectivity index (χ2v) is 7.78. The number of urea groups is 1. The van der Waals surface area contributed by atoms with E-state index in [4.69, 9.17) is 14.2 Å². The van der Waals surface area contributed by atoms with Crippen molar-refractivity contribution in [3.8, 4) is 11.5 Å². The van der Waals surface area contributed by atoms with E-state index < -0.39 is 5.97 Å². The lowest BCUT2D eigenvalue weighted by atomic mass is 9.83. The highest BCUT2D eigenvalue weighted by molar-refractivity contribution is 6.01. The number of carbonyl (C=O) groups is 2. The van der Waals surface area contributed by atoms with Gasteiger partial charge in [-0.1, -0.05) is 6.07 Å². The molecule has 2 atom stereocenters. The van der Waals surface area contributed by atoms with Gasteiger partial charge in [0.2, 0.25) is 0 Å². The third-order valence-electron chi connectivity index (χ3n) is 5.94. The average molecular weight is 427 g/mol. The van der Waals surface area contributed by atoms with Gasteiger partial charge in [0, 0.05) is 49.4 Å². The molecule has 164 valence electrons. The fourth-order valence-corrected chi connectivity index (χ4v) is 4.52. The van der Waals surface area contributed by atoms with Crippen LogP contribution in [0.4, 0.5) is 10.5 Å². The molecular formula is C22H25N3O6. The highest BCUT2D eigenvalue weighted by atomic mass is 16.5. The zero-order valence-corrected chi connectivity index (χ0v) is 17.7. The number of likely N-dealkylation sites (tertiary alicyclic amines) is 1. The Labute approximate surface area is 179 Å². The van der Waals surface area contributed by atoms with E-state index in [0.29, 0.717) is 31.1 Å². The van der Waals surface area contributed by atoms with E-state index in [1.165, 1.54) is 27.4 Å². The Morgan fingerprint density at radius 3 is 2.48 bits per heavy atom. The summed E-state index contributed by atoms with van der Waals surface area (Å²) in [6.45, 7) is 1.62. The molecule has 1 saturated heterocycles. The van der Waals surface area contributed by atoms with E-state index >= 15 is 0 Å². The van der Waals surface area contributed by atoms with Crippen molar-refractivity contribution in [3.05, 3.63) is 51.9 Å². The van der Waals surface area contributed by atoms with Crippen LogP contribution < -0.4 is 20.3 Å². The topological polar surface area (TPSA) is 99.1 Å². The minimum Gasteiger partial charge on any atom is -0.493 e. The van der Waals surface area contributed by atoms with Crippen LogP contribution in [0.15, 0.2) is 35.1 Å². The number of hydrogen-bond acceptors (Lipinski definition) is 6. The second-order valence-electron chi connectivity index (χ2n) is 7.78. The van der Waals surface area contributed by atoms with E-state index in [1.54, 1.807) is 23.1 Å². The van der Waals surface area contributed by atoms with Crippen molar-refractivity contribution in [1.29, 1.82) is 0 Å². The molecule has 31 heavy (non-hydrogen) atoms. The highest BCUT2D eigenvalue weighted by Crippen LogP contribution is 2.36. The van der Waals surface area contributed by atoms with Gasteiger partial charge < -0.3 is 29.0 Å². The zero-order chi connectivity index (χ0) is 22.1. The number of carbonyl (C=O) groups excluding carboxylic acids is 2. The number of ether oxygens (including phenoxy) is 3. The molecule has 1 aromatic heterocycles. The van der Waals surface area contributed by atoms with Gasteiger partial charge in [0.15, 0.2) is 11.5 Å². The minimum atomic E-state index is -0.597. The summed E-state index contributed by atoms with van der Waals surface area (Å²) in [5.41, 5.74) is 1.41. The molecule has 3 heterocycles. The maximum atomic E-state index is 13.1.